The quantitative estimate of drug-likeness (QED) is 0.816. The van der Waals surface area contributed by atoms with E-state index in [-0.39, 0.29) is 24.2 Å². The highest BCUT2D eigenvalue weighted by Gasteiger charge is 2.28. The van der Waals surface area contributed by atoms with Crippen molar-refractivity contribution in [3.8, 4) is 0 Å². The van der Waals surface area contributed by atoms with E-state index in [4.69, 9.17) is 0 Å². The SMILES string of the molecule is CC1CCCCC1CCNC(=O)C(C)C1CNC1.Cl. The van der Waals surface area contributed by atoms with Crippen molar-refractivity contribution in [2.45, 2.75) is 46.0 Å². The van der Waals surface area contributed by atoms with Crippen molar-refractivity contribution in [3.63, 3.8) is 0 Å². The maximum absolute atomic E-state index is 12.0. The molecule has 1 heterocycles. The molecule has 0 bridgehead atoms. The van der Waals surface area contributed by atoms with E-state index in [9.17, 15) is 4.79 Å². The van der Waals surface area contributed by atoms with Gasteiger partial charge in [-0.15, -0.1) is 12.4 Å². The van der Waals surface area contributed by atoms with E-state index in [1.807, 2.05) is 0 Å². The van der Waals surface area contributed by atoms with Crippen LogP contribution in [0, 0.1) is 23.7 Å². The van der Waals surface area contributed by atoms with Crippen LogP contribution in [-0.2, 0) is 4.79 Å². The van der Waals surface area contributed by atoms with Crippen LogP contribution in [0.25, 0.3) is 0 Å². The lowest BCUT2D eigenvalue weighted by Crippen LogP contribution is -2.49. The Bertz CT molecular complexity index is 281. The van der Waals surface area contributed by atoms with E-state index >= 15 is 0 Å². The molecule has 0 aromatic rings. The number of amides is 1. The molecule has 3 nitrogen and oxygen atoms in total. The largest absolute Gasteiger partial charge is 0.356 e. The van der Waals surface area contributed by atoms with Gasteiger partial charge in [-0.25, -0.2) is 0 Å². The fourth-order valence-electron chi connectivity index (χ4n) is 3.24. The minimum atomic E-state index is 0. The predicted octanol–water partition coefficient (Wildman–Crippen LogP) is 2.60. The average molecular weight is 289 g/mol. The van der Waals surface area contributed by atoms with Gasteiger partial charge in [-0.1, -0.05) is 39.5 Å². The van der Waals surface area contributed by atoms with Gasteiger partial charge in [-0.05, 0) is 37.3 Å². The molecule has 2 fully saturated rings. The molecule has 3 unspecified atom stereocenters. The van der Waals surface area contributed by atoms with Gasteiger partial charge in [0.15, 0.2) is 0 Å². The predicted molar refractivity (Wildman–Crippen MR) is 81.5 cm³/mol. The van der Waals surface area contributed by atoms with Gasteiger partial charge in [-0.2, -0.15) is 0 Å². The maximum Gasteiger partial charge on any atom is 0.223 e. The second-order valence-corrected chi connectivity index (χ2v) is 6.31. The summed E-state index contributed by atoms with van der Waals surface area (Å²) in [7, 11) is 0. The fourth-order valence-corrected chi connectivity index (χ4v) is 3.24. The fraction of sp³-hybridized carbons (Fsp3) is 0.933. The molecule has 2 aliphatic rings. The van der Waals surface area contributed by atoms with Crippen LogP contribution in [-0.4, -0.2) is 25.5 Å². The minimum Gasteiger partial charge on any atom is -0.356 e. The number of hydrogen-bond donors (Lipinski definition) is 2. The molecule has 4 heteroatoms. The maximum atomic E-state index is 12.0. The Morgan fingerprint density at radius 1 is 1.32 bits per heavy atom. The molecule has 2 N–H and O–H groups in total. The zero-order valence-corrected chi connectivity index (χ0v) is 13.1. The molecule has 0 aromatic carbocycles. The third-order valence-electron chi connectivity index (χ3n) is 5.04. The van der Waals surface area contributed by atoms with Gasteiger partial charge in [0.2, 0.25) is 5.91 Å². The van der Waals surface area contributed by atoms with Gasteiger partial charge in [0, 0.05) is 12.5 Å². The van der Waals surface area contributed by atoms with Crippen LogP contribution in [0.15, 0.2) is 0 Å². The highest BCUT2D eigenvalue weighted by Crippen LogP contribution is 2.31. The molecule has 1 saturated carbocycles. The lowest BCUT2D eigenvalue weighted by molar-refractivity contribution is -0.126. The van der Waals surface area contributed by atoms with E-state index in [1.54, 1.807) is 0 Å². The smallest absolute Gasteiger partial charge is 0.223 e. The van der Waals surface area contributed by atoms with Gasteiger partial charge >= 0.3 is 0 Å². The third-order valence-corrected chi connectivity index (χ3v) is 5.04. The molecule has 1 saturated heterocycles. The van der Waals surface area contributed by atoms with Gasteiger partial charge in [0.25, 0.3) is 0 Å². The van der Waals surface area contributed by atoms with Crippen molar-refractivity contribution >= 4 is 18.3 Å². The van der Waals surface area contributed by atoms with Crippen LogP contribution >= 0.6 is 12.4 Å². The van der Waals surface area contributed by atoms with Crippen LogP contribution in [0.1, 0.15) is 46.0 Å². The highest BCUT2D eigenvalue weighted by molar-refractivity contribution is 5.85. The molecule has 2 rings (SSSR count). The summed E-state index contributed by atoms with van der Waals surface area (Å²) in [5.41, 5.74) is 0. The standard InChI is InChI=1S/C15H28N2O.ClH/c1-11-5-3-4-6-13(11)7-8-17-15(18)12(2)14-9-16-10-14;/h11-14,16H,3-10H2,1-2H3,(H,17,18);1H. The molecule has 3 atom stereocenters. The lowest BCUT2D eigenvalue weighted by atomic mass is 9.78. The summed E-state index contributed by atoms with van der Waals surface area (Å²) in [6.07, 6.45) is 6.69. The van der Waals surface area contributed by atoms with Gasteiger partial charge in [0.1, 0.15) is 0 Å². The van der Waals surface area contributed by atoms with E-state index in [0.717, 1.165) is 31.5 Å². The number of rotatable bonds is 5. The minimum absolute atomic E-state index is 0. The van der Waals surface area contributed by atoms with Gasteiger partial charge in [0.05, 0.1) is 0 Å². The molecule has 0 aromatic heterocycles. The Hall–Kier alpha value is -0.280. The Balaban J connectivity index is 0.00000180. The van der Waals surface area contributed by atoms with Crippen molar-refractivity contribution in [1.82, 2.24) is 10.6 Å². The van der Waals surface area contributed by atoms with Crippen molar-refractivity contribution in [1.29, 1.82) is 0 Å². The second kappa shape index (κ2) is 8.11. The zero-order chi connectivity index (χ0) is 13.0. The first-order valence-corrected chi connectivity index (χ1v) is 7.67. The number of carbonyl (C=O) groups excluding carboxylic acids is 1. The van der Waals surface area contributed by atoms with Crippen molar-refractivity contribution < 1.29 is 4.79 Å². The molecular formula is C15H29ClN2O. The summed E-state index contributed by atoms with van der Waals surface area (Å²) >= 11 is 0. The van der Waals surface area contributed by atoms with E-state index < -0.39 is 0 Å². The molecule has 112 valence electrons. The average Bonchev–Trinajstić information content (AvgIpc) is 2.29. The van der Waals surface area contributed by atoms with Crippen LogP contribution in [0.5, 0.6) is 0 Å². The van der Waals surface area contributed by atoms with Crippen LogP contribution in [0.4, 0.5) is 0 Å². The van der Waals surface area contributed by atoms with E-state index in [1.165, 1.54) is 32.1 Å². The highest BCUT2D eigenvalue weighted by atomic mass is 35.5. The Morgan fingerprint density at radius 3 is 2.58 bits per heavy atom. The second-order valence-electron chi connectivity index (χ2n) is 6.31. The van der Waals surface area contributed by atoms with E-state index in [2.05, 4.69) is 24.5 Å². The summed E-state index contributed by atoms with van der Waals surface area (Å²) in [5, 5.41) is 6.36. The Kier molecular flexibility index (Phi) is 7.16. The van der Waals surface area contributed by atoms with Crippen molar-refractivity contribution in [2.75, 3.05) is 19.6 Å². The van der Waals surface area contributed by atoms with Crippen molar-refractivity contribution in [2.24, 2.45) is 23.7 Å². The molecule has 0 radical (unpaired) electrons. The van der Waals surface area contributed by atoms with Gasteiger partial charge in [-0.3, -0.25) is 4.79 Å². The molecule has 1 aliphatic heterocycles. The number of halogens is 1. The summed E-state index contributed by atoms with van der Waals surface area (Å²) < 4.78 is 0. The first-order chi connectivity index (χ1) is 8.68. The van der Waals surface area contributed by atoms with Crippen molar-refractivity contribution in [3.05, 3.63) is 0 Å². The van der Waals surface area contributed by atoms with Crippen LogP contribution in [0.2, 0.25) is 0 Å². The number of hydrogen-bond acceptors (Lipinski definition) is 2. The Labute approximate surface area is 123 Å². The van der Waals surface area contributed by atoms with Crippen LogP contribution in [0.3, 0.4) is 0 Å². The number of nitrogens with one attached hydrogen (secondary N) is 2. The lowest BCUT2D eigenvalue weighted by Gasteiger charge is -2.32. The van der Waals surface area contributed by atoms with Gasteiger partial charge < -0.3 is 10.6 Å². The summed E-state index contributed by atoms with van der Waals surface area (Å²) in [6, 6.07) is 0. The molecule has 0 spiro atoms. The molecule has 19 heavy (non-hydrogen) atoms. The molecule has 1 amide bonds. The number of carbonyl (C=O) groups is 1. The first-order valence-electron chi connectivity index (χ1n) is 7.67. The summed E-state index contributed by atoms with van der Waals surface area (Å²) in [6.45, 7) is 7.32. The normalized spacial score (nSPS) is 28.9. The first kappa shape index (κ1) is 16.8. The molecule has 1 aliphatic carbocycles. The molecular weight excluding hydrogens is 260 g/mol. The Morgan fingerprint density at radius 2 is 2.00 bits per heavy atom. The topological polar surface area (TPSA) is 41.1 Å². The van der Waals surface area contributed by atoms with E-state index in [0.29, 0.717) is 5.92 Å². The van der Waals surface area contributed by atoms with Crippen LogP contribution < -0.4 is 10.6 Å². The summed E-state index contributed by atoms with van der Waals surface area (Å²) in [4.78, 5) is 12.0. The summed E-state index contributed by atoms with van der Waals surface area (Å²) in [5.74, 6) is 2.67. The zero-order valence-electron chi connectivity index (χ0n) is 12.3. The third kappa shape index (κ3) is 4.64. The monoisotopic (exact) mass is 288 g/mol.